The smallest absolute Gasteiger partial charge is 0.289 e. The van der Waals surface area contributed by atoms with Gasteiger partial charge in [-0.3, -0.25) is 9.89 Å². The highest BCUT2D eigenvalue weighted by Gasteiger charge is 2.11. The first kappa shape index (κ1) is 17.5. The quantitative estimate of drug-likeness (QED) is 0.373. The van der Waals surface area contributed by atoms with Crippen LogP contribution in [0, 0.1) is 0 Å². The van der Waals surface area contributed by atoms with Crippen LogP contribution in [0.4, 0.5) is 0 Å². The van der Waals surface area contributed by atoms with Gasteiger partial charge in [0, 0.05) is 5.56 Å². The van der Waals surface area contributed by atoms with Crippen molar-refractivity contribution in [1.82, 2.24) is 15.6 Å². The average Bonchev–Trinajstić information content (AvgIpc) is 3.22. The van der Waals surface area contributed by atoms with Crippen molar-refractivity contribution in [3.8, 4) is 17.0 Å². The van der Waals surface area contributed by atoms with Crippen molar-refractivity contribution in [3.63, 3.8) is 0 Å². The van der Waals surface area contributed by atoms with Gasteiger partial charge in [0.1, 0.15) is 11.4 Å². The molecular formula is C22H18N4O2. The van der Waals surface area contributed by atoms with Gasteiger partial charge in [0.05, 0.1) is 11.4 Å². The van der Waals surface area contributed by atoms with Crippen LogP contribution < -0.4 is 5.43 Å². The largest absolute Gasteiger partial charge is 0.508 e. The monoisotopic (exact) mass is 370 g/mol. The first-order chi connectivity index (χ1) is 13.6. The number of H-pyrrole nitrogens is 1. The Bertz CT molecular complexity index is 1180. The minimum atomic E-state index is -0.377. The first-order valence-electron chi connectivity index (χ1n) is 8.79. The lowest BCUT2D eigenvalue weighted by molar-refractivity contribution is 0.0950. The molecule has 6 heteroatoms. The molecule has 3 N–H and O–H groups in total. The Labute approximate surface area is 161 Å². The molecule has 4 aromatic rings. The molecular weight excluding hydrogens is 352 g/mol. The van der Waals surface area contributed by atoms with Crippen LogP contribution in [-0.4, -0.2) is 26.9 Å². The molecule has 0 saturated carbocycles. The fourth-order valence-electron chi connectivity index (χ4n) is 2.90. The van der Waals surface area contributed by atoms with Crippen molar-refractivity contribution in [3.05, 3.63) is 84.1 Å². The van der Waals surface area contributed by atoms with Crippen LogP contribution in [0.3, 0.4) is 0 Å². The van der Waals surface area contributed by atoms with Crippen molar-refractivity contribution < 1.29 is 9.90 Å². The van der Waals surface area contributed by atoms with Gasteiger partial charge in [-0.15, -0.1) is 0 Å². The van der Waals surface area contributed by atoms with E-state index in [0.717, 1.165) is 21.9 Å². The van der Waals surface area contributed by atoms with E-state index >= 15 is 0 Å². The Morgan fingerprint density at radius 1 is 1.00 bits per heavy atom. The second-order valence-electron chi connectivity index (χ2n) is 6.41. The summed E-state index contributed by atoms with van der Waals surface area (Å²) in [6.45, 7) is 1.78. The van der Waals surface area contributed by atoms with Crippen LogP contribution in [0.25, 0.3) is 22.0 Å². The van der Waals surface area contributed by atoms with Gasteiger partial charge >= 0.3 is 0 Å². The van der Waals surface area contributed by atoms with Gasteiger partial charge in [-0.25, -0.2) is 5.43 Å². The highest BCUT2D eigenvalue weighted by molar-refractivity contribution is 6.00. The number of hydrazone groups is 1. The third kappa shape index (κ3) is 3.61. The molecule has 0 fully saturated rings. The summed E-state index contributed by atoms with van der Waals surface area (Å²) in [7, 11) is 0. The van der Waals surface area contributed by atoms with Crippen molar-refractivity contribution in [2.24, 2.45) is 5.10 Å². The first-order valence-corrected chi connectivity index (χ1v) is 8.79. The van der Waals surface area contributed by atoms with E-state index in [1.807, 2.05) is 36.4 Å². The summed E-state index contributed by atoms with van der Waals surface area (Å²) < 4.78 is 0. The van der Waals surface area contributed by atoms with Crippen LogP contribution in [-0.2, 0) is 0 Å². The highest BCUT2D eigenvalue weighted by atomic mass is 16.3. The van der Waals surface area contributed by atoms with Crippen LogP contribution in [0.15, 0.2) is 77.9 Å². The zero-order valence-electron chi connectivity index (χ0n) is 15.2. The van der Waals surface area contributed by atoms with Gasteiger partial charge in [0.25, 0.3) is 5.91 Å². The number of phenolic OH excluding ortho intramolecular Hbond substituents is 1. The van der Waals surface area contributed by atoms with Crippen LogP contribution in [0.2, 0.25) is 0 Å². The number of benzene rings is 3. The van der Waals surface area contributed by atoms with Gasteiger partial charge in [-0.2, -0.15) is 10.2 Å². The van der Waals surface area contributed by atoms with Gasteiger partial charge < -0.3 is 5.11 Å². The molecule has 138 valence electrons. The minimum absolute atomic E-state index is 0.180. The zero-order valence-corrected chi connectivity index (χ0v) is 15.2. The van der Waals surface area contributed by atoms with E-state index in [0.29, 0.717) is 17.1 Å². The zero-order chi connectivity index (χ0) is 19.5. The molecule has 4 rings (SSSR count). The molecule has 0 saturated heterocycles. The molecule has 3 aromatic carbocycles. The molecule has 0 spiro atoms. The number of hydrogen-bond acceptors (Lipinski definition) is 4. The van der Waals surface area contributed by atoms with Crippen LogP contribution in [0.5, 0.6) is 5.75 Å². The number of aromatic nitrogens is 2. The van der Waals surface area contributed by atoms with E-state index in [2.05, 4.69) is 26.8 Å². The lowest BCUT2D eigenvalue weighted by Crippen LogP contribution is -2.19. The summed E-state index contributed by atoms with van der Waals surface area (Å²) >= 11 is 0. The van der Waals surface area contributed by atoms with Gasteiger partial charge in [0.15, 0.2) is 0 Å². The normalized spacial score (nSPS) is 11.5. The molecule has 0 aliphatic carbocycles. The van der Waals surface area contributed by atoms with E-state index in [9.17, 15) is 9.90 Å². The number of carbonyl (C=O) groups is 1. The van der Waals surface area contributed by atoms with E-state index in [-0.39, 0.29) is 11.7 Å². The minimum Gasteiger partial charge on any atom is -0.508 e. The van der Waals surface area contributed by atoms with Crippen LogP contribution >= 0.6 is 0 Å². The standard InChI is InChI=1S/C22H18N4O2/c1-14(15-8-10-19(27)11-9-15)23-26-22(28)21-13-20(24-25-21)18-7-6-16-4-2-3-5-17(16)12-18/h2-13,27H,1H3,(H,24,25)(H,26,28)/b23-14-. The number of aromatic hydroxyl groups is 1. The molecule has 0 radical (unpaired) electrons. The Morgan fingerprint density at radius 3 is 2.54 bits per heavy atom. The molecule has 0 aliphatic heterocycles. The molecule has 1 aromatic heterocycles. The second kappa shape index (κ2) is 7.36. The van der Waals surface area contributed by atoms with E-state index in [4.69, 9.17) is 0 Å². The van der Waals surface area contributed by atoms with Crippen LogP contribution in [0.1, 0.15) is 23.0 Å². The predicted octanol–water partition coefficient (Wildman–Crippen LogP) is 4.09. The number of nitrogens with one attached hydrogen (secondary N) is 2. The summed E-state index contributed by atoms with van der Waals surface area (Å²) in [4.78, 5) is 12.4. The molecule has 28 heavy (non-hydrogen) atoms. The van der Waals surface area contributed by atoms with E-state index in [1.165, 1.54) is 0 Å². The molecule has 1 amide bonds. The summed E-state index contributed by atoms with van der Waals surface area (Å²) in [6.07, 6.45) is 0. The van der Waals surface area contributed by atoms with Crippen molar-refractivity contribution in [1.29, 1.82) is 0 Å². The Balaban J connectivity index is 1.50. The maximum absolute atomic E-state index is 12.4. The number of hydrogen-bond donors (Lipinski definition) is 3. The van der Waals surface area contributed by atoms with Crippen molar-refractivity contribution >= 4 is 22.4 Å². The SMILES string of the molecule is C/C(=N/NC(=O)c1cc(-c2ccc3ccccc3c2)n[nH]1)c1ccc(O)cc1. The summed E-state index contributed by atoms with van der Waals surface area (Å²) in [5.41, 5.74) is 5.90. The highest BCUT2D eigenvalue weighted by Crippen LogP contribution is 2.23. The van der Waals surface area contributed by atoms with Gasteiger partial charge in [-0.1, -0.05) is 36.4 Å². The number of nitrogens with zero attached hydrogens (tertiary/aromatic N) is 2. The topological polar surface area (TPSA) is 90.4 Å². The van der Waals surface area contributed by atoms with Crippen molar-refractivity contribution in [2.75, 3.05) is 0 Å². The number of fused-ring (bicyclic) bond motifs is 1. The fourth-order valence-corrected chi connectivity index (χ4v) is 2.90. The molecule has 0 atom stereocenters. The fraction of sp³-hybridized carbons (Fsp3) is 0.0455. The van der Waals surface area contributed by atoms with E-state index < -0.39 is 0 Å². The molecule has 0 unspecified atom stereocenters. The predicted molar refractivity (Wildman–Crippen MR) is 109 cm³/mol. The molecule has 0 bridgehead atoms. The maximum Gasteiger partial charge on any atom is 0.289 e. The Kier molecular flexibility index (Phi) is 4.60. The number of rotatable bonds is 4. The van der Waals surface area contributed by atoms with Gasteiger partial charge in [-0.05, 0) is 59.7 Å². The lowest BCUT2D eigenvalue weighted by atomic mass is 10.1. The number of carbonyl (C=O) groups excluding carboxylic acids is 1. The second-order valence-corrected chi connectivity index (χ2v) is 6.41. The summed E-state index contributed by atoms with van der Waals surface area (Å²) in [5.74, 6) is -0.197. The number of aromatic amines is 1. The van der Waals surface area contributed by atoms with E-state index in [1.54, 1.807) is 37.3 Å². The molecule has 0 aliphatic rings. The average molecular weight is 370 g/mol. The third-order valence-electron chi connectivity index (χ3n) is 4.48. The third-order valence-corrected chi connectivity index (χ3v) is 4.48. The maximum atomic E-state index is 12.4. The summed E-state index contributed by atoms with van der Waals surface area (Å²) in [5, 5.41) is 22.7. The summed E-state index contributed by atoms with van der Waals surface area (Å²) in [6, 6.07) is 22.4. The molecule has 1 heterocycles. The molecule has 6 nitrogen and oxygen atoms in total. The Morgan fingerprint density at radius 2 is 1.75 bits per heavy atom. The number of phenols is 1. The number of amides is 1. The van der Waals surface area contributed by atoms with Gasteiger partial charge in [0.2, 0.25) is 0 Å². The van der Waals surface area contributed by atoms with Crippen molar-refractivity contribution in [2.45, 2.75) is 6.92 Å². The Hall–Kier alpha value is -3.93. The lowest BCUT2D eigenvalue weighted by Gasteiger charge is -2.02.